The summed E-state index contributed by atoms with van der Waals surface area (Å²) in [6, 6.07) is -0.371. The minimum absolute atomic E-state index is 0.0776. The van der Waals surface area contributed by atoms with Crippen molar-refractivity contribution in [3.63, 3.8) is 0 Å². The van der Waals surface area contributed by atoms with Crippen molar-refractivity contribution < 1.29 is 24.2 Å². The number of aliphatic hydroxyl groups is 1. The third-order valence-corrected chi connectivity index (χ3v) is 7.31. The van der Waals surface area contributed by atoms with Crippen molar-refractivity contribution >= 4 is 11.9 Å². The summed E-state index contributed by atoms with van der Waals surface area (Å²) >= 11 is 0. The number of aliphatic hydroxyl groups excluding tert-OH is 1. The summed E-state index contributed by atoms with van der Waals surface area (Å²) in [6.07, 6.45) is 17.2. The topological polar surface area (TPSA) is 84.9 Å². The predicted octanol–water partition coefficient (Wildman–Crippen LogP) is 9.41. The van der Waals surface area contributed by atoms with Crippen molar-refractivity contribution in [2.75, 3.05) is 19.8 Å². The zero-order valence-corrected chi connectivity index (χ0v) is 29.2. The zero-order chi connectivity index (χ0) is 31.9. The molecule has 0 aromatic carbocycles. The second kappa shape index (κ2) is 31.8. The molecule has 1 heterocycles. The van der Waals surface area contributed by atoms with Crippen LogP contribution in [0.2, 0.25) is 0 Å². The Hall–Kier alpha value is -1.14. The lowest BCUT2D eigenvalue weighted by Crippen LogP contribution is -2.32. The van der Waals surface area contributed by atoms with E-state index in [9.17, 15) is 14.7 Å². The van der Waals surface area contributed by atoms with Crippen LogP contribution in [-0.4, -0.2) is 48.9 Å². The smallest absolute Gasteiger partial charge is 0.323 e. The van der Waals surface area contributed by atoms with Crippen molar-refractivity contribution in [2.45, 2.75) is 184 Å². The van der Waals surface area contributed by atoms with Crippen molar-refractivity contribution in [2.24, 2.45) is 11.3 Å². The van der Waals surface area contributed by atoms with Crippen LogP contribution in [-0.2, 0) is 19.1 Å². The van der Waals surface area contributed by atoms with E-state index in [0.29, 0.717) is 26.2 Å². The van der Waals surface area contributed by atoms with Crippen LogP contribution in [0.5, 0.6) is 0 Å². The van der Waals surface area contributed by atoms with Gasteiger partial charge in [-0.3, -0.25) is 9.59 Å². The molecule has 248 valence electrons. The molecule has 6 nitrogen and oxygen atoms in total. The van der Waals surface area contributed by atoms with Gasteiger partial charge in [0.25, 0.3) is 0 Å². The van der Waals surface area contributed by atoms with Gasteiger partial charge in [-0.15, -0.1) is 0 Å². The Kier molecular flexibility index (Phi) is 34.3. The summed E-state index contributed by atoms with van der Waals surface area (Å²) in [5.41, 5.74) is -0.455. The molecule has 1 fully saturated rings. The zero-order valence-electron chi connectivity index (χ0n) is 29.2. The largest absolute Gasteiger partial charge is 0.465 e. The van der Waals surface area contributed by atoms with Crippen molar-refractivity contribution in [1.29, 1.82) is 0 Å². The molecule has 0 saturated carbocycles. The number of carbonyl (C=O) groups excluding carboxylic acids is 2. The van der Waals surface area contributed by atoms with Gasteiger partial charge in [-0.1, -0.05) is 126 Å². The van der Waals surface area contributed by atoms with Crippen molar-refractivity contribution in [3.8, 4) is 0 Å². The molecule has 0 amide bonds. The lowest BCUT2D eigenvalue weighted by molar-refractivity contribution is -0.154. The number of unbranched alkanes of at least 4 members (excludes halogenated alkanes) is 7. The summed E-state index contributed by atoms with van der Waals surface area (Å²) in [5.74, 6) is 0.435. The molecule has 1 aliphatic heterocycles. The van der Waals surface area contributed by atoms with E-state index in [1.54, 1.807) is 0 Å². The molecule has 0 aromatic heterocycles. The number of nitrogens with one attached hydrogen (secondary N) is 1. The first kappa shape index (κ1) is 44.3. The quantitative estimate of drug-likeness (QED) is 0.103. The average molecular weight is 588 g/mol. The summed E-state index contributed by atoms with van der Waals surface area (Å²) in [4.78, 5) is 24.5. The monoisotopic (exact) mass is 588 g/mol. The lowest BCUT2D eigenvalue weighted by atomic mass is 9.87. The van der Waals surface area contributed by atoms with Gasteiger partial charge in [-0.2, -0.15) is 0 Å². The average Bonchev–Trinajstić information content (AvgIpc) is 3.43. The molecule has 0 spiro atoms. The van der Waals surface area contributed by atoms with E-state index < -0.39 is 11.5 Å². The minimum atomic E-state index is -0.455. The Morgan fingerprint density at radius 1 is 0.756 bits per heavy atom. The predicted molar refractivity (Wildman–Crippen MR) is 176 cm³/mol. The van der Waals surface area contributed by atoms with Gasteiger partial charge >= 0.3 is 11.9 Å². The van der Waals surface area contributed by atoms with Gasteiger partial charge in [0.1, 0.15) is 6.04 Å². The fourth-order valence-corrected chi connectivity index (χ4v) is 4.83. The van der Waals surface area contributed by atoms with E-state index in [1.165, 1.54) is 57.8 Å². The fraction of sp³-hybridized carbons (Fsp3) is 0.943. The minimum Gasteiger partial charge on any atom is -0.465 e. The first-order chi connectivity index (χ1) is 19.8. The Bertz CT molecular complexity index is 557. The fourth-order valence-electron chi connectivity index (χ4n) is 4.83. The number of rotatable bonds is 21. The Morgan fingerprint density at radius 3 is 1.78 bits per heavy atom. The highest BCUT2D eigenvalue weighted by Crippen LogP contribution is 2.27. The van der Waals surface area contributed by atoms with E-state index in [4.69, 9.17) is 9.47 Å². The summed E-state index contributed by atoms with van der Waals surface area (Å²) in [5, 5.41) is 12.4. The van der Waals surface area contributed by atoms with E-state index in [0.717, 1.165) is 44.4 Å². The molecular weight excluding hydrogens is 514 g/mol. The highest BCUT2D eigenvalue weighted by molar-refractivity contribution is 5.76. The molecule has 1 aliphatic rings. The SMILES string of the molecule is CC.CC.CC.CCCCCC(CCCCC)CCCOC(=O)C(C)(C)CCCCCCOC(=O)C1CC(O)CN1. The molecule has 0 radical (unpaired) electrons. The maximum absolute atomic E-state index is 12.6. The molecule has 0 aliphatic carbocycles. The van der Waals surface area contributed by atoms with Crippen LogP contribution in [0.25, 0.3) is 0 Å². The van der Waals surface area contributed by atoms with Crippen molar-refractivity contribution in [1.82, 2.24) is 5.32 Å². The number of ether oxygens (including phenoxy) is 2. The maximum Gasteiger partial charge on any atom is 0.323 e. The van der Waals surface area contributed by atoms with Crippen LogP contribution in [0.4, 0.5) is 0 Å². The lowest BCUT2D eigenvalue weighted by Gasteiger charge is -2.23. The van der Waals surface area contributed by atoms with Crippen LogP contribution >= 0.6 is 0 Å². The number of carbonyl (C=O) groups is 2. The Morgan fingerprint density at radius 2 is 1.27 bits per heavy atom. The van der Waals surface area contributed by atoms with Crippen LogP contribution < -0.4 is 5.32 Å². The molecule has 2 atom stereocenters. The third-order valence-electron chi connectivity index (χ3n) is 7.31. The van der Waals surface area contributed by atoms with Crippen LogP contribution in [0.3, 0.4) is 0 Å². The molecule has 2 unspecified atom stereocenters. The van der Waals surface area contributed by atoms with Crippen LogP contribution in [0.15, 0.2) is 0 Å². The Balaban J connectivity index is -0.00000225. The highest BCUT2D eigenvalue weighted by Gasteiger charge is 2.30. The summed E-state index contributed by atoms with van der Waals surface area (Å²) in [7, 11) is 0. The van der Waals surface area contributed by atoms with Gasteiger partial charge in [0.15, 0.2) is 0 Å². The van der Waals surface area contributed by atoms with Crippen LogP contribution in [0, 0.1) is 11.3 Å². The van der Waals surface area contributed by atoms with Crippen molar-refractivity contribution in [3.05, 3.63) is 0 Å². The maximum atomic E-state index is 12.6. The standard InChI is InChI=1S/C29H55NO5.3C2H6/c1-5-7-11-16-24(17-12-8-6-2)18-15-21-35-28(33)29(3,4)19-13-9-10-14-20-34-27(32)26-22-25(31)23-30-26;3*1-2/h24-26,30-31H,5-23H2,1-4H3;3*1-2H3. The molecule has 1 saturated heterocycles. The summed E-state index contributed by atoms with van der Waals surface area (Å²) < 4.78 is 11.0. The number of β-amino-alcohol motifs (C(OH)–C–C–N with tert-alkyl or cyclic N) is 1. The van der Waals surface area contributed by atoms with Gasteiger partial charge in [-0.05, 0) is 45.4 Å². The van der Waals surface area contributed by atoms with Gasteiger partial charge < -0.3 is 19.9 Å². The van der Waals surface area contributed by atoms with Gasteiger partial charge in [0.2, 0.25) is 0 Å². The van der Waals surface area contributed by atoms with E-state index in [2.05, 4.69) is 19.2 Å². The van der Waals surface area contributed by atoms with E-state index >= 15 is 0 Å². The molecule has 41 heavy (non-hydrogen) atoms. The second-order valence-corrected chi connectivity index (χ2v) is 11.2. The molecule has 0 bridgehead atoms. The second-order valence-electron chi connectivity index (χ2n) is 11.2. The first-order valence-electron chi connectivity index (χ1n) is 17.6. The normalized spacial score (nSPS) is 16.0. The molecule has 2 N–H and O–H groups in total. The third kappa shape index (κ3) is 25.1. The molecule has 1 rings (SSSR count). The van der Waals surface area contributed by atoms with E-state index in [1.807, 2.05) is 55.4 Å². The van der Waals surface area contributed by atoms with Gasteiger partial charge in [0, 0.05) is 13.0 Å². The van der Waals surface area contributed by atoms with E-state index in [-0.39, 0.29) is 18.0 Å². The molecule has 6 heteroatoms. The number of esters is 2. The summed E-state index contributed by atoms with van der Waals surface area (Å²) in [6.45, 7) is 21.9. The van der Waals surface area contributed by atoms with Gasteiger partial charge in [0.05, 0.1) is 24.7 Å². The molecule has 0 aromatic rings. The van der Waals surface area contributed by atoms with Gasteiger partial charge in [-0.25, -0.2) is 0 Å². The van der Waals surface area contributed by atoms with Crippen LogP contribution in [0.1, 0.15) is 172 Å². The Labute approximate surface area is 256 Å². The number of hydrogen-bond acceptors (Lipinski definition) is 6. The number of hydrogen-bond donors (Lipinski definition) is 2. The first-order valence-corrected chi connectivity index (χ1v) is 17.6. The highest BCUT2D eigenvalue weighted by atomic mass is 16.5. The molecular formula is C35H73NO5.